The minimum Gasteiger partial charge on any atom is -0.481 e. The van der Waals surface area contributed by atoms with Crippen LogP contribution in [0.15, 0.2) is 18.3 Å². The lowest BCUT2D eigenvalue weighted by Gasteiger charge is -2.06. The normalized spacial score (nSPS) is 10.1. The number of aliphatic carboxylic acids is 1. The third kappa shape index (κ3) is 7.29. The highest BCUT2D eigenvalue weighted by Gasteiger charge is 2.06. The Kier molecular flexibility index (Phi) is 7.86. The van der Waals surface area contributed by atoms with Crippen molar-refractivity contribution < 1.29 is 19.4 Å². The van der Waals surface area contributed by atoms with Crippen molar-refractivity contribution in [2.45, 2.75) is 39.0 Å². The van der Waals surface area contributed by atoms with Crippen molar-refractivity contribution in [3.8, 4) is 0 Å². The zero-order valence-corrected chi connectivity index (χ0v) is 12.3. The maximum atomic E-state index is 11.4. The molecule has 0 atom stereocenters. The Bertz CT molecular complexity index is 445. The van der Waals surface area contributed by atoms with Gasteiger partial charge in [-0.15, -0.1) is 0 Å². The summed E-state index contributed by atoms with van der Waals surface area (Å²) in [6, 6.07) is 3.43. The second-order valence-corrected chi connectivity index (χ2v) is 4.64. The highest BCUT2D eigenvalue weighted by atomic mass is 16.5. The van der Waals surface area contributed by atoms with Gasteiger partial charge in [0.05, 0.1) is 12.2 Å². The molecule has 6 nitrogen and oxygen atoms in total. The smallest absolute Gasteiger partial charge is 0.339 e. The van der Waals surface area contributed by atoms with Crippen LogP contribution in [0.4, 0.5) is 5.82 Å². The van der Waals surface area contributed by atoms with E-state index >= 15 is 0 Å². The van der Waals surface area contributed by atoms with Gasteiger partial charge in [0, 0.05) is 19.2 Å². The van der Waals surface area contributed by atoms with E-state index in [1.54, 1.807) is 19.1 Å². The fraction of sp³-hybridized carbons (Fsp3) is 0.533. The number of carbonyl (C=O) groups excluding carboxylic acids is 1. The van der Waals surface area contributed by atoms with Gasteiger partial charge in [-0.1, -0.05) is 12.8 Å². The second kappa shape index (κ2) is 9.74. The van der Waals surface area contributed by atoms with E-state index in [2.05, 4.69) is 10.3 Å². The van der Waals surface area contributed by atoms with Crippen molar-refractivity contribution in [1.82, 2.24) is 4.98 Å². The Morgan fingerprint density at radius 2 is 2.00 bits per heavy atom. The number of anilines is 1. The Morgan fingerprint density at radius 1 is 1.24 bits per heavy atom. The quantitative estimate of drug-likeness (QED) is 0.509. The molecular formula is C15H22N2O4. The molecular weight excluding hydrogens is 272 g/mol. The third-order valence-electron chi connectivity index (χ3n) is 2.90. The number of carbonyl (C=O) groups is 2. The van der Waals surface area contributed by atoms with Crippen molar-refractivity contribution in [3.05, 3.63) is 23.9 Å². The standard InChI is InChI=1S/C15H22N2O4/c1-2-21-15(20)12-8-9-13(17-11-12)16-10-6-4-3-5-7-14(18)19/h8-9,11H,2-7,10H2,1H3,(H,16,17)(H,18,19). The van der Waals surface area contributed by atoms with Crippen LogP contribution in [-0.2, 0) is 9.53 Å². The first-order chi connectivity index (χ1) is 10.1. The van der Waals surface area contributed by atoms with E-state index in [1.807, 2.05) is 0 Å². The molecule has 0 fully saturated rings. The van der Waals surface area contributed by atoms with Crippen LogP contribution >= 0.6 is 0 Å². The maximum absolute atomic E-state index is 11.4. The Balaban J connectivity index is 2.18. The monoisotopic (exact) mass is 294 g/mol. The van der Waals surface area contributed by atoms with Crippen LogP contribution in [0.25, 0.3) is 0 Å². The largest absolute Gasteiger partial charge is 0.481 e. The molecule has 0 aliphatic rings. The van der Waals surface area contributed by atoms with Gasteiger partial charge in [-0.3, -0.25) is 4.79 Å². The van der Waals surface area contributed by atoms with Gasteiger partial charge in [0.2, 0.25) is 0 Å². The molecule has 0 amide bonds. The molecule has 0 unspecified atom stereocenters. The number of rotatable bonds is 10. The Labute approximate surface area is 124 Å². The average molecular weight is 294 g/mol. The lowest BCUT2D eigenvalue weighted by Crippen LogP contribution is -2.07. The topological polar surface area (TPSA) is 88.5 Å². The molecule has 0 spiro atoms. The number of hydrogen-bond donors (Lipinski definition) is 2. The first-order valence-electron chi connectivity index (χ1n) is 7.22. The molecule has 1 rings (SSSR count). The highest BCUT2D eigenvalue weighted by Crippen LogP contribution is 2.08. The SMILES string of the molecule is CCOC(=O)c1ccc(NCCCCCCC(=O)O)nc1. The lowest BCUT2D eigenvalue weighted by atomic mass is 10.1. The molecule has 0 aromatic carbocycles. The summed E-state index contributed by atoms with van der Waals surface area (Å²) in [5, 5.41) is 11.7. The number of nitrogens with zero attached hydrogens (tertiary/aromatic N) is 1. The Morgan fingerprint density at radius 3 is 2.62 bits per heavy atom. The summed E-state index contributed by atoms with van der Waals surface area (Å²) >= 11 is 0. The van der Waals surface area contributed by atoms with Crippen molar-refractivity contribution in [2.75, 3.05) is 18.5 Å². The lowest BCUT2D eigenvalue weighted by molar-refractivity contribution is -0.137. The van der Waals surface area contributed by atoms with Crippen LogP contribution in [0.5, 0.6) is 0 Å². The van der Waals surface area contributed by atoms with E-state index < -0.39 is 5.97 Å². The fourth-order valence-electron chi connectivity index (χ4n) is 1.80. The number of unbranched alkanes of at least 4 members (excludes halogenated alkanes) is 3. The molecule has 1 aromatic rings. The maximum Gasteiger partial charge on any atom is 0.339 e. The first kappa shape index (κ1) is 16.9. The zero-order valence-electron chi connectivity index (χ0n) is 12.3. The molecule has 0 saturated carbocycles. The molecule has 6 heteroatoms. The van der Waals surface area contributed by atoms with Crippen LogP contribution in [0, 0.1) is 0 Å². The Hall–Kier alpha value is -2.11. The van der Waals surface area contributed by atoms with Gasteiger partial charge in [0.15, 0.2) is 0 Å². The van der Waals surface area contributed by atoms with E-state index in [0.717, 1.165) is 32.2 Å². The van der Waals surface area contributed by atoms with Gasteiger partial charge >= 0.3 is 11.9 Å². The number of carboxylic acids is 1. The van der Waals surface area contributed by atoms with Crippen LogP contribution < -0.4 is 5.32 Å². The third-order valence-corrected chi connectivity index (χ3v) is 2.90. The predicted molar refractivity (Wildman–Crippen MR) is 79.4 cm³/mol. The van der Waals surface area contributed by atoms with Crippen LogP contribution in [0.1, 0.15) is 49.4 Å². The summed E-state index contributed by atoms with van der Waals surface area (Å²) in [7, 11) is 0. The fourth-order valence-corrected chi connectivity index (χ4v) is 1.80. The average Bonchev–Trinajstić information content (AvgIpc) is 2.47. The summed E-state index contributed by atoms with van der Waals surface area (Å²) < 4.78 is 4.88. The van der Waals surface area contributed by atoms with E-state index in [1.165, 1.54) is 6.20 Å². The van der Waals surface area contributed by atoms with E-state index in [9.17, 15) is 9.59 Å². The molecule has 0 aliphatic heterocycles. The molecule has 0 bridgehead atoms. The van der Waals surface area contributed by atoms with Gasteiger partial charge in [0.25, 0.3) is 0 Å². The number of hydrogen-bond acceptors (Lipinski definition) is 5. The number of esters is 1. The minimum absolute atomic E-state index is 0.240. The first-order valence-corrected chi connectivity index (χ1v) is 7.22. The van der Waals surface area contributed by atoms with Crippen molar-refractivity contribution in [1.29, 1.82) is 0 Å². The van der Waals surface area contributed by atoms with Crippen LogP contribution in [0.2, 0.25) is 0 Å². The van der Waals surface area contributed by atoms with Crippen molar-refractivity contribution >= 4 is 17.8 Å². The summed E-state index contributed by atoms with van der Waals surface area (Å²) in [6.45, 7) is 2.89. The summed E-state index contributed by atoms with van der Waals surface area (Å²) in [6.07, 6.45) is 5.32. The summed E-state index contributed by atoms with van der Waals surface area (Å²) in [5.74, 6) is -0.387. The van der Waals surface area contributed by atoms with Crippen LogP contribution in [0.3, 0.4) is 0 Å². The van der Waals surface area contributed by atoms with E-state index in [0.29, 0.717) is 18.0 Å². The number of ether oxygens (including phenoxy) is 1. The van der Waals surface area contributed by atoms with Crippen molar-refractivity contribution in [3.63, 3.8) is 0 Å². The van der Waals surface area contributed by atoms with Crippen LogP contribution in [-0.4, -0.2) is 35.2 Å². The molecule has 2 N–H and O–H groups in total. The molecule has 0 aliphatic carbocycles. The summed E-state index contributed by atoms with van der Waals surface area (Å²) in [5.41, 5.74) is 0.441. The summed E-state index contributed by atoms with van der Waals surface area (Å²) in [4.78, 5) is 25.9. The molecule has 1 aromatic heterocycles. The van der Waals surface area contributed by atoms with Gasteiger partial charge in [-0.25, -0.2) is 9.78 Å². The van der Waals surface area contributed by atoms with Gasteiger partial charge in [0.1, 0.15) is 5.82 Å². The van der Waals surface area contributed by atoms with Gasteiger partial charge in [-0.05, 0) is 31.9 Å². The second-order valence-electron chi connectivity index (χ2n) is 4.64. The molecule has 1 heterocycles. The van der Waals surface area contributed by atoms with E-state index in [4.69, 9.17) is 9.84 Å². The molecule has 21 heavy (non-hydrogen) atoms. The van der Waals surface area contributed by atoms with Gasteiger partial charge in [-0.2, -0.15) is 0 Å². The predicted octanol–water partition coefficient (Wildman–Crippen LogP) is 2.71. The highest BCUT2D eigenvalue weighted by molar-refractivity contribution is 5.89. The van der Waals surface area contributed by atoms with Gasteiger partial charge < -0.3 is 15.2 Å². The van der Waals surface area contributed by atoms with Crippen molar-refractivity contribution in [2.24, 2.45) is 0 Å². The number of carboxylic acid groups (broad SMARTS) is 1. The number of nitrogens with one attached hydrogen (secondary N) is 1. The van der Waals surface area contributed by atoms with E-state index in [-0.39, 0.29) is 12.4 Å². The number of pyridine rings is 1. The molecule has 0 radical (unpaired) electrons. The minimum atomic E-state index is -0.737. The zero-order chi connectivity index (χ0) is 15.5. The molecule has 116 valence electrons. The number of aromatic nitrogens is 1. The molecule has 0 saturated heterocycles.